The third-order valence-electron chi connectivity index (χ3n) is 3.88. The van der Waals surface area contributed by atoms with Gasteiger partial charge in [-0.2, -0.15) is 0 Å². The fourth-order valence-electron chi connectivity index (χ4n) is 2.59. The van der Waals surface area contributed by atoms with Gasteiger partial charge in [-0.15, -0.1) is 0 Å². The summed E-state index contributed by atoms with van der Waals surface area (Å²) in [6, 6.07) is 11.8. The van der Waals surface area contributed by atoms with Crippen LogP contribution in [0, 0.1) is 0 Å². The van der Waals surface area contributed by atoms with Gasteiger partial charge < -0.3 is 14.5 Å². The van der Waals surface area contributed by atoms with Crippen molar-refractivity contribution in [3.8, 4) is 17.2 Å². The van der Waals surface area contributed by atoms with E-state index in [1.54, 1.807) is 48.8 Å². The lowest BCUT2D eigenvalue weighted by Crippen LogP contribution is -2.20. The van der Waals surface area contributed by atoms with Crippen LogP contribution in [0.4, 0.5) is 5.69 Å². The van der Waals surface area contributed by atoms with Crippen molar-refractivity contribution < 1.29 is 13.9 Å². The second kappa shape index (κ2) is 8.41. The number of amides is 1. The van der Waals surface area contributed by atoms with E-state index in [0.717, 1.165) is 10.0 Å². The number of rotatable bonds is 5. The number of halogens is 3. The first-order valence-corrected chi connectivity index (χ1v) is 9.92. The Morgan fingerprint density at radius 2 is 2.00 bits per heavy atom. The minimum atomic E-state index is -0.338. The van der Waals surface area contributed by atoms with Crippen molar-refractivity contribution in [2.24, 2.45) is 0 Å². The lowest BCUT2D eigenvalue weighted by Gasteiger charge is -2.09. The van der Waals surface area contributed by atoms with Crippen LogP contribution in [0.25, 0.3) is 22.6 Å². The Bertz CT molecular complexity index is 1210. The van der Waals surface area contributed by atoms with Crippen LogP contribution in [0.2, 0.25) is 10.0 Å². The van der Waals surface area contributed by atoms with E-state index in [2.05, 4.69) is 31.2 Å². The summed E-state index contributed by atoms with van der Waals surface area (Å²) in [5.41, 5.74) is 2.52. The highest BCUT2D eigenvalue weighted by atomic mass is 79.9. The third kappa shape index (κ3) is 4.70. The number of oxazole rings is 1. The molecule has 0 aliphatic carbocycles. The van der Waals surface area contributed by atoms with Gasteiger partial charge in [-0.05, 0) is 58.4 Å². The third-order valence-corrected chi connectivity index (χ3v) is 4.84. The van der Waals surface area contributed by atoms with Crippen molar-refractivity contribution in [1.29, 1.82) is 0 Å². The predicted molar refractivity (Wildman–Crippen MR) is 116 cm³/mol. The summed E-state index contributed by atoms with van der Waals surface area (Å²) >= 11 is 15.3. The van der Waals surface area contributed by atoms with Crippen LogP contribution < -0.4 is 10.1 Å². The molecule has 2 heterocycles. The Morgan fingerprint density at radius 1 is 1.14 bits per heavy atom. The first-order valence-electron chi connectivity index (χ1n) is 8.37. The summed E-state index contributed by atoms with van der Waals surface area (Å²) in [7, 11) is 0. The maximum Gasteiger partial charge on any atom is 0.262 e. The van der Waals surface area contributed by atoms with Crippen LogP contribution in [0.15, 0.2) is 63.7 Å². The summed E-state index contributed by atoms with van der Waals surface area (Å²) in [6.45, 7) is -0.201. The van der Waals surface area contributed by atoms with Crippen molar-refractivity contribution >= 4 is 61.8 Å². The number of hydrogen-bond donors (Lipinski definition) is 1. The summed E-state index contributed by atoms with van der Waals surface area (Å²) in [5.74, 6) is 0.485. The zero-order valence-corrected chi connectivity index (χ0v) is 17.8. The number of aromatic nitrogens is 2. The number of pyridine rings is 1. The van der Waals surface area contributed by atoms with Crippen molar-refractivity contribution in [2.45, 2.75) is 0 Å². The molecule has 2 aromatic carbocycles. The molecule has 2 aromatic heterocycles. The molecule has 0 aliphatic heterocycles. The molecule has 9 heteroatoms. The highest BCUT2D eigenvalue weighted by Crippen LogP contribution is 2.28. The zero-order chi connectivity index (χ0) is 20.4. The monoisotopic (exact) mass is 491 g/mol. The summed E-state index contributed by atoms with van der Waals surface area (Å²) in [6.07, 6.45) is 3.34. The fraction of sp³-hybridized carbons (Fsp3) is 0.0500. The molecule has 0 saturated carbocycles. The van der Waals surface area contributed by atoms with Gasteiger partial charge in [0.15, 0.2) is 12.2 Å². The van der Waals surface area contributed by atoms with E-state index in [-0.39, 0.29) is 12.5 Å². The Hall–Kier alpha value is -2.61. The first kappa shape index (κ1) is 19.7. The number of ether oxygens (including phenoxy) is 1. The smallest absolute Gasteiger partial charge is 0.262 e. The Kier molecular flexibility index (Phi) is 5.71. The summed E-state index contributed by atoms with van der Waals surface area (Å²) < 4.78 is 12.0. The van der Waals surface area contributed by atoms with Crippen LogP contribution in [-0.2, 0) is 4.79 Å². The van der Waals surface area contributed by atoms with Gasteiger partial charge in [0.2, 0.25) is 5.89 Å². The maximum absolute atomic E-state index is 12.2. The van der Waals surface area contributed by atoms with E-state index in [0.29, 0.717) is 38.5 Å². The minimum absolute atomic E-state index is 0.201. The van der Waals surface area contributed by atoms with Gasteiger partial charge in [0.25, 0.3) is 5.91 Å². The normalized spacial score (nSPS) is 10.9. The van der Waals surface area contributed by atoms with Crippen molar-refractivity contribution in [3.63, 3.8) is 0 Å². The molecular formula is C20H12BrCl2N3O3. The molecular weight excluding hydrogens is 481 g/mol. The summed E-state index contributed by atoms with van der Waals surface area (Å²) in [5, 5.41) is 3.59. The van der Waals surface area contributed by atoms with Crippen LogP contribution >= 0.6 is 39.1 Å². The average Bonchev–Trinajstić information content (AvgIpc) is 3.11. The Labute approximate surface area is 183 Å². The zero-order valence-electron chi connectivity index (χ0n) is 14.7. The van der Waals surface area contributed by atoms with Crippen LogP contribution in [-0.4, -0.2) is 22.5 Å². The van der Waals surface area contributed by atoms with Gasteiger partial charge in [-0.25, -0.2) is 4.98 Å². The topological polar surface area (TPSA) is 77.2 Å². The number of anilines is 1. The molecule has 1 N–H and O–H groups in total. The van der Waals surface area contributed by atoms with Gasteiger partial charge >= 0.3 is 0 Å². The Morgan fingerprint density at radius 3 is 2.79 bits per heavy atom. The number of carbonyl (C=O) groups is 1. The number of fused-ring (bicyclic) bond motifs is 1. The number of hydrogen-bond acceptors (Lipinski definition) is 5. The van der Waals surface area contributed by atoms with Crippen molar-refractivity contribution in [3.05, 3.63) is 69.4 Å². The predicted octanol–water partition coefficient (Wildman–Crippen LogP) is 5.98. The first-order chi connectivity index (χ1) is 14.0. The van der Waals surface area contributed by atoms with Gasteiger partial charge in [-0.1, -0.05) is 23.2 Å². The van der Waals surface area contributed by atoms with Crippen LogP contribution in [0.1, 0.15) is 0 Å². The highest BCUT2D eigenvalue weighted by Gasteiger charge is 2.11. The molecule has 0 saturated heterocycles. The number of carbonyl (C=O) groups excluding carboxylic acids is 1. The van der Waals surface area contributed by atoms with Gasteiger partial charge in [0, 0.05) is 27.6 Å². The summed E-state index contributed by atoms with van der Waals surface area (Å²) in [4.78, 5) is 20.8. The molecule has 0 radical (unpaired) electrons. The van der Waals surface area contributed by atoms with Crippen molar-refractivity contribution in [2.75, 3.05) is 11.9 Å². The molecule has 0 atom stereocenters. The fourth-order valence-corrected chi connectivity index (χ4v) is 3.42. The molecule has 0 fully saturated rings. The molecule has 1 amide bonds. The average molecular weight is 493 g/mol. The minimum Gasteiger partial charge on any atom is -0.482 e. The van der Waals surface area contributed by atoms with E-state index in [1.807, 2.05) is 6.07 Å². The van der Waals surface area contributed by atoms with Crippen molar-refractivity contribution in [1.82, 2.24) is 9.97 Å². The quantitative estimate of drug-likeness (QED) is 0.371. The molecule has 4 rings (SSSR count). The molecule has 6 nitrogen and oxygen atoms in total. The highest BCUT2D eigenvalue weighted by molar-refractivity contribution is 9.10. The van der Waals surface area contributed by atoms with Gasteiger partial charge in [0.1, 0.15) is 11.3 Å². The molecule has 146 valence electrons. The SMILES string of the molecule is O=C(COc1ccc(Cl)cc1Cl)Nc1ccc2oc(-c3cncc(Br)c3)nc2c1. The second-order valence-corrected chi connectivity index (χ2v) is 7.76. The molecule has 0 spiro atoms. The molecule has 29 heavy (non-hydrogen) atoms. The molecule has 4 aromatic rings. The Balaban J connectivity index is 1.46. The molecule has 0 aliphatic rings. The second-order valence-electron chi connectivity index (χ2n) is 6.00. The number of benzene rings is 2. The standard InChI is InChI=1S/C20H12BrCl2N3O3/c21-12-5-11(8-24-9-12)20-26-16-7-14(2-4-18(16)29-20)25-19(27)10-28-17-3-1-13(22)6-15(17)23/h1-9H,10H2,(H,25,27). The van der Waals surface area contributed by atoms with E-state index in [4.69, 9.17) is 32.4 Å². The van der Waals surface area contributed by atoms with Crippen LogP contribution in [0.3, 0.4) is 0 Å². The number of nitrogens with one attached hydrogen (secondary N) is 1. The maximum atomic E-state index is 12.2. The van der Waals surface area contributed by atoms with Gasteiger partial charge in [-0.3, -0.25) is 9.78 Å². The largest absolute Gasteiger partial charge is 0.482 e. The molecule has 0 unspecified atom stereocenters. The van der Waals surface area contributed by atoms with Gasteiger partial charge in [0.05, 0.1) is 10.6 Å². The van der Waals surface area contributed by atoms with E-state index < -0.39 is 0 Å². The van der Waals surface area contributed by atoms with E-state index in [9.17, 15) is 4.79 Å². The lowest BCUT2D eigenvalue weighted by atomic mass is 10.3. The lowest BCUT2D eigenvalue weighted by molar-refractivity contribution is -0.118. The van der Waals surface area contributed by atoms with Crippen LogP contribution in [0.5, 0.6) is 5.75 Å². The number of nitrogens with zero attached hydrogens (tertiary/aromatic N) is 2. The van der Waals surface area contributed by atoms with E-state index >= 15 is 0 Å². The van der Waals surface area contributed by atoms with E-state index in [1.165, 1.54) is 0 Å². The molecule has 0 bridgehead atoms.